The summed E-state index contributed by atoms with van der Waals surface area (Å²) in [5.74, 6) is -2.62. The van der Waals surface area contributed by atoms with Crippen molar-refractivity contribution in [1.29, 1.82) is 0 Å². The molecule has 3 heterocycles. The number of anilines is 1. The number of aromatic nitrogens is 4. The van der Waals surface area contributed by atoms with Crippen LogP contribution in [0.2, 0.25) is 5.15 Å². The summed E-state index contributed by atoms with van der Waals surface area (Å²) in [6, 6.07) is 24.7. The molecule has 0 radical (unpaired) electrons. The average molecular weight is 626 g/mol. The number of esters is 3. The van der Waals surface area contributed by atoms with Gasteiger partial charge in [0.15, 0.2) is 28.9 Å². The van der Waals surface area contributed by atoms with Gasteiger partial charge < -0.3 is 24.7 Å². The molecule has 2 atom stereocenters. The molecule has 6 rings (SSSR count). The molecule has 5 aromatic rings. The van der Waals surface area contributed by atoms with Crippen LogP contribution in [0, 0.1) is 0 Å². The molecule has 0 fully saturated rings. The summed E-state index contributed by atoms with van der Waals surface area (Å²) in [6.45, 7) is 1.01. The van der Waals surface area contributed by atoms with Crippen molar-refractivity contribution in [2.75, 3.05) is 12.3 Å². The molecular formula is C32H24ClN5O7. The quantitative estimate of drug-likeness (QED) is 0.138. The fourth-order valence-corrected chi connectivity index (χ4v) is 5.00. The maximum atomic E-state index is 13.5. The van der Waals surface area contributed by atoms with Gasteiger partial charge in [0.05, 0.1) is 16.7 Å². The lowest BCUT2D eigenvalue weighted by molar-refractivity contribution is -0.0894. The van der Waals surface area contributed by atoms with Crippen molar-refractivity contribution >= 4 is 46.6 Å². The van der Waals surface area contributed by atoms with Crippen LogP contribution in [0.15, 0.2) is 109 Å². The van der Waals surface area contributed by atoms with Gasteiger partial charge in [-0.25, -0.2) is 19.4 Å². The van der Waals surface area contributed by atoms with Crippen LogP contribution in [-0.2, 0) is 18.9 Å². The van der Waals surface area contributed by atoms with Gasteiger partial charge in [0.2, 0.25) is 17.8 Å². The molecule has 12 nitrogen and oxygen atoms in total. The van der Waals surface area contributed by atoms with Crippen molar-refractivity contribution in [2.45, 2.75) is 18.8 Å². The van der Waals surface area contributed by atoms with Crippen LogP contribution in [0.25, 0.3) is 11.2 Å². The molecule has 0 spiro atoms. The third-order valence-corrected chi connectivity index (χ3v) is 7.20. The molecule has 0 saturated heterocycles. The number of benzene rings is 3. The second-order valence-electron chi connectivity index (χ2n) is 9.98. The van der Waals surface area contributed by atoms with Gasteiger partial charge in [-0.1, -0.05) is 66.2 Å². The first-order chi connectivity index (χ1) is 21.7. The lowest BCUT2D eigenvalue weighted by Gasteiger charge is -2.31. The van der Waals surface area contributed by atoms with E-state index in [1.165, 1.54) is 17.8 Å². The van der Waals surface area contributed by atoms with Crippen LogP contribution in [0.5, 0.6) is 0 Å². The zero-order valence-electron chi connectivity index (χ0n) is 23.6. The zero-order chi connectivity index (χ0) is 31.6. The minimum Gasteiger partial charge on any atom is -0.462 e. The van der Waals surface area contributed by atoms with E-state index in [1.807, 2.05) is 0 Å². The molecule has 0 saturated carbocycles. The molecule has 0 amide bonds. The summed E-state index contributed by atoms with van der Waals surface area (Å²) in [6.07, 6.45) is 0.0592. The van der Waals surface area contributed by atoms with Crippen LogP contribution in [-0.4, -0.2) is 49.6 Å². The van der Waals surface area contributed by atoms with Crippen molar-refractivity contribution in [3.8, 4) is 0 Å². The number of carbonyl (C=O) groups is 3. The van der Waals surface area contributed by atoms with Gasteiger partial charge in [-0.3, -0.25) is 4.57 Å². The number of halogens is 1. The summed E-state index contributed by atoms with van der Waals surface area (Å²) in [5.41, 5.74) is 5.10. The number of carbonyl (C=O) groups excluding carboxylic acids is 3. The van der Waals surface area contributed by atoms with E-state index >= 15 is 0 Å². The van der Waals surface area contributed by atoms with E-state index in [1.54, 1.807) is 91.0 Å². The number of ether oxygens (including phenoxy) is 4. The Bertz CT molecular complexity index is 1930. The van der Waals surface area contributed by atoms with Crippen molar-refractivity contribution in [3.05, 3.63) is 131 Å². The van der Waals surface area contributed by atoms with Gasteiger partial charge in [0.25, 0.3) is 0 Å². The monoisotopic (exact) mass is 625 g/mol. The Balaban J connectivity index is 1.46. The predicted octanol–water partition coefficient (Wildman–Crippen LogP) is 5.13. The van der Waals surface area contributed by atoms with E-state index in [2.05, 4.69) is 15.0 Å². The fraction of sp³-hybridized carbons (Fsp3) is 0.125. The Morgan fingerprint density at radius 1 is 0.867 bits per heavy atom. The normalized spacial score (nSPS) is 17.5. The summed E-state index contributed by atoms with van der Waals surface area (Å²) in [5, 5.41) is -0.0158. The van der Waals surface area contributed by atoms with E-state index in [0.29, 0.717) is 0 Å². The minimum absolute atomic E-state index is 0.0158. The van der Waals surface area contributed by atoms with Gasteiger partial charge in [0.1, 0.15) is 11.8 Å². The largest absolute Gasteiger partial charge is 0.462 e. The number of nitrogens with two attached hydrogens (primary N) is 1. The van der Waals surface area contributed by atoms with Crippen molar-refractivity contribution < 1.29 is 33.3 Å². The molecule has 2 N–H and O–H groups in total. The summed E-state index contributed by atoms with van der Waals surface area (Å²) >= 11 is 6.28. The number of nitrogens with zero attached hydrogens (tertiary/aromatic N) is 4. The Kier molecular flexibility index (Phi) is 7.88. The molecule has 1 aliphatic heterocycles. The van der Waals surface area contributed by atoms with E-state index in [-0.39, 0.29) is 50.5 Å². The summed E-state index contributed by atoms with van der Waals surface area (Å²) < 4.78 is 25.3. The molecule has 226 valence electrons. The second kappa shape index (κ2) is 12.1. The SMILES string of the molecule is C[C@@]1(OC(=O)c2ccccc2)C(OC(=O)c2ccccc2)=C(COC(=O)c2ccccc2)O[C@H]1n1cnc2c(Cl)nc(N)nc21. The van der Waals surface area contributed by atoms with Gasteiger partial charge >= 0.3 is 17.9 Å². The third-order valence-electron chi connectivity index (χ3n) is 6.94. The topological polar surface area (TPSA) is 158 Å². The molecule has 3 aromatic carbocycles. The maximum Gasteiger partial charge on any atom is 0.343 e. The number of fused-ring (bicyclic) bond motifs is 1. The first-order valence-corrected chi connectivity index (χ1v) is 14.0. The number of rotatable bonds is 8. The molecule has 2 aromatic heterocycles. The molecule has 13 heteroatoms. The van der Waals surface area contributed by atoms with Crippen molar-refractivity contribution in [1.82, 2.24) is 19.5 Å². The lowest BCUT2D eigenvalue weighted by atomic mass is 10.0. The molecule has 0 unspecified atom stereocenters. The Labute approximate surface area is 261 Å². The number of hydrogen-bond acceptors (Lipinski definition) is 11. The Hall–Kier alpha value is -5.75. The van der Waals surface area contributed by atoms with Gasteiger partial charge in [-0.15, -0.1) is 0 Å². The highest BCUT2D eigenvalue weighted by molar-refractivity contribution is 6.33. The highest BCUT2D eigenvalue weighted by atomic mass is 35.5. The van der Waals surface area contributed by atoms with Crippen LogP contribution in [0.3, 0.4) is 0 Å². The standard InChI is InChI=1S/C32H24ClN5O7/c1-32(45-29(41)21-15-9-4-10-16-21)24(44-28(40)20-13-7-3-8-14-20)22(17-42-27(39)19-11-5-2-6-12-19)43-30(32)38-18-35-23-25(33)36-31(34)37-26(23)38/h2-16,18,30H,17H2,1H3,(H2,34,36,37)/t30-,32-/m1/s1. The predicted molar refractivity (Wildman–Crippen MR) is 161 cm³/mol. The maximum absolute atomic E-state index is 13.5. The van der Waals surface area contributed by atoms with E-state index < -0.39 is 36.3 Å². The van der Waals surface area contributed by atoms with Gasteiger partial charge in [0, 0.05) is 0 Å². The lowest BCUT2D eigenvalue weighted by Crippen LogP contribution is -2.41. The summed E-state index contributed by atoms with van der Waals surface area (Å²) in [7, 11) is 0. The van der Waals surface area contributed by atoms with Crippen LogP contribution >= 0.6 is 11.6 Å². The Morgan fingerprint density at radius 3 is 2.02 bits per heavy atom. The number of nitrogen functional groups attached to an aromatic ring is 1. The first-order valence-electron chi connectivity index (χ1n) is 13.6. The van der Waals surface area contributed by atoms with Gasteiger partial charge in [-0.05, 0) is 43.3 Å². The van der Waals surface area contributed by atoms with Crippen LogP contribution in [0.1, 0.15) is 44.2 Å². The number of imidazole rings is 1. The molecule has 0 bridgehead atoms. The molecule has 0 aliphatic carbocycles. The zero-order valence-corrected chi connectivity index (χ0v) is 24.4. The van der Waals surface area contributed by atoms with E-state index in [0.717, 1.165) is 0 Å². The third kappa shape index (κ3) is 5.78. The highest BCUT2D eigenvalue weighted by Crippen LogP contribution is 2.46. The molecule has 45 heavy (non-hydrogen) atoms. The molecule has 1 aliphatic rings. The second-order valence-corrected chi connectivity index (χ2v) is 10.3. The summed E-state index contributed by atoms with van der Waals surface area (Å²) in [4.78, 5) is 52.3. The van der Waals surface area contributed by atoms with E-state index in [9.17, 15) is 14.4 Å². The van der Waals surface area contributed by atoms with Crippen LogP contribution in [0.4, 0.5) is 5.95 Å². The van der Waals surface area contributed by atoms with Gasteiger partial charge in [-0.2, -0.15) is 9.97 Å². The van der Waals surface area contributed by atoms with Crippen molar-refractivity contribution in [2.24, 2.45) is 0 Å². The fourth-order valence-electron chi connectivity index (χ4n) is 4.78. The average Bonchev–Trinajstić information content (AvgIpc) is 3.59. The smallest absolute Gasteiger partial charge is 0.343 e. The highest BCUT2D eigenvalue weighted by Gasteiger charge is 2.55. The van der Waals surface area contributed by atoms with Crippen LogP contribution < -0.4 is 5.73 Å². The Morgan fingerprint density at radius 2 is 1.42 bits per heavy atom. The van der Waals surface area contributed by atoms with Crippen molar-refractivity contribution in [3.63, 3.8) is 0 Å². The number of hydrogen-bond donors (Lipinski definition) is 1. The van der Waals surface area contributed by atoms with E-state index in [4.69, 9.17) is 36.3 Å². The minimum atomic E-state index is -1.86. The molecular weight excluding hydrogens is 602 g/mol. The first kappa shape index (κ1) is 29.3.